The van der Waals surface area contributed by atoms with Crippen molar-refractivity contribution >= 4 is 21.8 Å². The molecule has 0 unspecified atom stereocenters. The molecule has 6 nitrogen and oxygen atoms in total. The molecule has 0 saturated carbocycles. The van der Waals surface area contributed by atoms with Gasteiger partial charge in [-0.15, -0.1) is 0 Å². The van der Waals surface area contributed by atoms with Crippen LogP contribution < -0.4 is 9.50 Å². The number of para-hydroxylation sites is 1. The maximum atomic E-state index is 13.5. The van der Waals surface area contributed by atoms with Gasteiger partial charge < -0.3 is 14.4 Å². The van der Waals surface area contributed by atoms with Gasteiger partial charge in [-0.3, -0.25) is 0 Å². The lowest BCUT2D eigenvalue weighted by Gasteiger charge is -2.29. The highest BCUT2D eigenvalue weighted by molar-refractivity contribution is 7.87. The summed E-state index contributed by atoms with van der Waals surface area (Å²) in [6, 6.07) is 16.8. The number of rotatable bonds is 9. The summed E-state index contributed by atoms with van der Waals surface area (Å²) in [6.07, 6.45) is 0. The van der Waals surface area contributed by atoms with Crippen molar-refractivity contribution in [2.24, 2.45) is 0 Å². The first-order chi connectivity index (χ1) is 17.4. The Hall–Kier alpha value is -3.39. The highest BCUT2D eigenvalue weighted by Gasteiger charge is 2.22. The Kier molecular flexibility index (Phi) is 8.97. The van der Waals surface area contributed by atoms with Crippen LogP contribution in [0.1, 0.15) is 70.1 Å². The maximum absolute atomic E-state index is 13.5. The molecule has 0 fully saturated rings. The summed E-state index contributed by atoms with van der Waals surface area (Å²) in [6.45, 7) is 12.5. The van der Waals surface area contributed by atoms with Crippen molar-refractivity contribution in [3.63, 3.8) is 0 Å². The number of halogens is 1. The summed E-state index contributed by atoms with van der Waals surface area (Å²) in [4.78, 5) is 15.0. The predicted molar refractivity (Wildman–Crippen MR) is 145 cm³/mol. The SMILES string of the molecule is CC(C)c1cccc(C(C)C)c1NC(=O)N(Cc1cccc(OS(=O)(=O)c2ccc(F)cc2)c1)C(C)C. The Bertz CT molecular complexity index is 1310. The van der Waals surface area contributed by atoms with E-state index in [-0.39, 0.29) is 41.1 Å². The second kappa shape index (κ2) is 11.8. The van der Waals surface area contributed by atoms with E-state index >= 15 is 0 Å². The number of hydrogen-bond donors (Lipinski definition) is 1. The second-order valence-electron chi connectivity index (χ2n) is 9.91. The molecule has 3 aromatic rings. The molecule has 0 bridgehead atoms. The van der Waals surface area contributed by atoms with E-state index in [0.29, 0.717) is 5.56 Å². The molecular formula is C29H35FN2O4S. The van der Waals surface area contributed by atoms with Crippen LogP contribution in [0.25, 0.3) is 0 Å². The molecule has 37 heavy (non-hydrogen) atoms. The van der Waals surface area contributed by atoms with Crippen molar-refractivity contribution in [3.8, 4) is 5.75 Å². The van der Waals surface area contributed by atoms with Crippen LogP contribution in [0.2, 0.25) is 0 Å². The Morgan fingerprint density at radius 1 is 0.892 bits per heavy atom. The zero-order valence-corrected chi connectivity index (χ0v) is 23.0. The van der Waals surface area contributed by atoms with Gasteiger partial charge in [0, 0.05) is 18.3 Å². The molecule has 8 heteroatoms. The molecule has 0 aliphatic heterocycles. The Balaban J connectivity index is 1.83. The number of carbonyl (C=O) groups excluding carboxylic acids is 1. The molecule has 0 aliphatic carbocycles. The van der Waals surface area contributed by atoms with Gasteiger partial charge in [0.15, 0.2) is 0 Å². The topological polar surface area (TPSA) is 75.7 Å². The van der Waals surface area contributed by atoms with E-state index in [1.807, 2.05) is 38.1 Å². The molecule has 0 saturated heterocycles. The van der Waals surface area contributed by atoms with Gasteiger partial charge in [-0.25, -0.2) is 9.18 Å². The lowest BCUT2D eigenvalue weighted by atomic mass is 9.92. The summed E-state index contributed by atoms with van der Waals surface area (Å²) in [5, 5.41) is 3.15. The summed E-state index contributed by atoms with van der Waals surface area (Å²) in [5.74, 6) is 0.0412. The first-order valence-corrected chi connectivity index (χ1v) is 13.8. The molecular weight excluding hydrogens is 491 g/mol. The van der Waals surface area contributed by atoms with Crippen molar-refractivity contribution in [2.45, 2.75) is 70.9 Å². The van der Waals surface area contributed by atoms with Gasteiger partial charge in [-0.2, -0.15) is 8.42 Å². The van der Waals surface area contributed by atoms with E-state index in [1.54, 1.807) is 17.0 Å². The molecule has 0 atom stereocenters. The first-order valence-electron chi connectivity index (χ1n) is 12.4. The van der Waals surface area contributed by atoms with Gasteiger partial charge >= 0.3 is 16.1 Å². The van der Waals surface area contributed by atoms with Crippen molar-refractivity contribution in [1.29, 1.82) is 0 Å². The fourth-order valence-corrected chi connectivity index (χ4v) is 4.95. The second-order valence-corrected chi connectivity index (χ2v) is 11.5. The standard InChI is InChI=1S/C29H35FN2O4S/c1-19(2)26-11-8-12-27(20(3)4)28(26)31-29(33)32(21(5)6)18-22-9-7-10-24(17-22)36-37(34,35)25-15-13-23(30)14-16-25/h7-17,19-21H,18H2,1-6H3,(H,31,33). The molecule has 3 aromatic carbocycles. The van der Waals surface area contributed by atoms with Crippen molar-refractivity contribution in [1.82, 2.24) is 4.90 Å². The highest BCUT2D eigenvalue weighted by atomic mass is 32.2. The molecule has 2 amide bonds. The minimum atomic E-state index is -4.13. The summed E-state index contributed by atoms with van der Waals surface area (Å²) >= 11 is 0. The number of amides is 2. The maximum Gasteiger partial charge on any atom is 0.339 e. The number of anilines is 1. The van der Waals surface area contributed by atoms with E-state index < -0.39 is 15.9 Å². The Morgan fingerprint density at radius 3 is 2.00 bits per heavy atom. The van der Waals surface area contributed by atoms with E-state index in [4.69, 9.17) is 4.18 Å². The molecule has 0 spiro atoms. The molecule has 0 radical (unpaired) electrons. The fraction of sp³-hybridized carbons (Fsp3) is 0.345. The van der Waals surface area contributed by atoms with Crippen LogP contribution in [0.4, 0.5) is 14.9 Å². The Labute approximate surface area is 219 Å². The van der Waals surface area contributed by atoms with Gasteiger partial charge in [0.05, 0.1) is 0 Å². The molecule has 0 aliphatic rings. The largest absolute Gasteiger partial charge is 0.379 e. The van der Waals surface area contributed by atoms with Gasteiger partial charge in [0.1, 0.15) is 16.5 Å². The van der Waals surface area contributed by atoms with Crippen LogP contribution in [-0.2, 0) is 16.7 Å². The normalized spacial score (nSPS) is 11.7. The molecule has 1 N–H and O–H groups in total. The van der Waals surface area contributed by atoms with Crippen LogP contribution in [0.15, 0.2) is 71.6 Å². The lowest BCUT2D eigenvalue weighted by Crippen LogP contribution is -2.40. The molecule has 198 valence electrons. The smallest absolute Gasteiger partial charge is 0.339 e. The first kappa shape index (κ1) is 28.2. The zero-order valence-electron chi connectivity index (χ0n) is 22.2. The van der Waals surface area contributed by atoms with Crippen LogP contribution in [0.3, 0.4) is 0 Å². The van der Waals surface area contributed by atoms with E-state index in [0.717, 1.165) is 41.1 Å². The molecule has 3 rings (SSSR count). The zero-order chi connectivity index (χ0) is 27.3. The molecule has 0 heterocycles. The average molecular weight is 527 g/mol. The van der Waals surface area contributed by atoms with E-state index in [1.165, 1.54) is 6.07 Å². The van der Waals surface area contributed by atoms with Crippen LogP contribution in [0.5, 0.6) is 5.75 Å². The fourth-order valence-electron chi connectivity index (χ4n) is 4.03. The average Bonchev–Trinajstić information content (AvgIpc) is 2.82. The van der Waals surface area contributed by atoms with Crippen molar-refractivity contribution < 1.29 is 21.8 Å². The summed E-state index contributed by atoms with van der Waals surface area (Å²) in [5.41, 5.74) is 3.69. The Morgan fingerprint density at radius 2 is 1.46 bits per heavy atom. The van der Waals surface area contributed by atoms with Crippen LogP contribution >= 0.6 is 0 Å². The third-order valence-electron chi connectivity index (χ3n) is 6.05. The number of hydrogen-bond acceptors (Lipinski definition) is 4. The van der Waals surface area contributed by atoms with Crippen LogP contribution in [0, 0.1) is 5.82 Å². The number of urea groups is 1. The highest BCUT2D eigenvalue weighted by Crippen LogP contribution is 2.33. The number of nitrogens with zero attached hydrogens (tertiary/aromatic N) is 1. The number of nitrogens with one attached hydrogen (secondary N) is 1. The van der Waals surface area contributed by atoms with Gasteiger partial charge in [-0.05, 0) is 78.8 Å². The molecule has 0 aromatic heterocycles. The third kappa shape index (κ3) is 7.10. The number of carbonyl (C=O) groups is 1. The summed E-state index contributed by atoms with van der Waals surface area (Å²) < 4.78 is 43.7. The predicted octanol–water partition coefficient (Wildman–Crippen LogP) is 7.28. The van der Waals surface area contributed by atoms with Crippen molar-refractivity contribution in [3.05, 3.63) is 89.2 Å². The monoisotopic (exact) mass is 526 g/mol. The minimum Gasteiger partial charge on any atom is -0.379 e. The summed E-state index contributed by atoms with van der Waals surface area (Å²) in [7, 11) is -4.13. The van der Waals surface area contributed by atoms with Crippen molar-refractivity contribution in [2.75, 3.05) is 5.32 Å². The third-order valence-corrected chi connectivity index (χ3v) is 7.31. The lowest BCUT2D eigenvalue weighted by molar-refractivity contribution is 0.193. The minimum absolute atomic E-state index is 0.109. The van der Waals surface area contributed by atoms with E-state index in [9.17, 15) is 17.6 Å². The van der Waals surface area contributed by atoms with Gasteiger partial charge in [0.2, 0.25) is 0 Å². The van der Waals surface area contributed by atoms with Gasteiger partial charge in [0.25, 0.3) is 0 Å². The van der Waals surface area contributed by atoms with E-state index in [2.05, 4.69) is 33.0 Å². The quantitative estimate of drug-likeness (QED) is 0.297. The number of benzene rings is 3. The van der Waals surface area contributed by atoms with Gasteiger partial charge in [-0.1, -0.05) is 58.0 Å². The van der Waals surface area contributed by atoms with Crippen LogP contribution in [-0.4, -0.2) is 25.4 Å².